The summed E-state index contributed by atoms with van der Waals surface area (Å²) < 4.78 is 0. The van der Waals surface area contributed by atoms with E-state index in [1.165, 1.54) is 4.90 Å². The van der Waals surface area contributed by atoms with E-state index in [2.05, 4.69) is 0 Å². The monoisotopic (exact) mass is 232 g/mol. The Morgan fingerprint density at radius 3 is 2.53 bits per heavy atom. The molecule has 4 nitrogen and oxygen atoms in total. The summed E-state index contributed by atoms with van der Waals surface area (Å²) in [6.45, 7) is 3.61. The fourth-order valence-electron chi connectivity index (χ4n) is 2.25. The summed E-state index contributed by atoms with van der Waals surface area (Å²) in [7, 11) is 0. The molecule has 4 heteroatoms. The summed E-state index contributed by atoms with van der Waals surface area (Å²) >= 11 is 0. The van der Waals surface area contributed by atoms with Gasteiger partial charge in [0.1, 0.15) is 0 Å². The zero-order chi connectivity index (χ0) is 12.6. The van der Waals surface area contributed by atoms with Gasteiger partial charge in [-0.3, -0.25) is 14.5 Å². The number of amides is 2. The SMILES string of the molecule is CC1CC(=O)N(C(C)c2ccccc2N)C1=O. The number of carbonyl (C=O) groups excluding carboxylic acids is 2. The summed E-state index contributed by atoms with van der Waals surface area (Å²) in [6, 6.07) is 7.03. The maximum atomic E-state index is 11.9. The normalized spacial score (nSPS) is 22.0. The molecule has 2 atom stereocenters. The van der Waals surface area contributed by atoms with Gasteiger partial charge >= 0.3 is 0 Å². The summed E-state index contributed by atoms with van der Waals surface area (Å²) in [6.07, 6.45) is 0.301. The van der Waals surface area contributed by atoms with Crippen LogP contribution in [0.3, 0.4) is 0 Å². The summed E-state index contributed by atoms with van der Waals surface area (Å²) in [5, 5.41) is 0. The van der Waals surface area contributed by atoms with Gasteiger partial charge in [-0.15, -0.1) is 0 Å². The molecule has 1 aromatic rings. The Hall–Kier alpha value is -1.84. The Bertz CT molecular complexity index is 470. The lowest BCUT2D eigenvalue weighted by molar-refractivity contribution is -0.141. The average molecular weight is 232 g/mol. The number of carbonyl (C=O) groups is 2. The van der Waals surface area contributed by atoms with Crippen LogP contribution in [0, 0.1) is 5.92 Å². The number of imide groups is 1. The van der Waals surface area contributed by atoms with E-state index in [1.54, 1.807) is 13.0 Å². The van der Waals surface area contributed by atoms with Crippen LogP contribution in [0.2, 0.25) is 0 Å². The molecule has 1 aromatic carbocycles. The Balaban J connectivity index is 2.32. The van der Waals surface area contributed by atoms with Crippen molar-refractivity contribution in [3.05, 3.63) is 29.8 Å². The van der Waals surface area contributed by atoms with Crippen molar-refractivity contribution in [2.45, 2.75) is 26.3 Å². The molecule has 17 heavy (non-hydrogen) atoms. The van der Waals surface area contributed by atoms with E-state index in [9.17, 15) is 9.59 Å². The molecular weight excluding hydrogens is 216 g/mol. The lowest BCUT2D eigenvalue weighted by atomic mass is 10.1. The number of rotatable bonds is 2. The molecule has 2 amide bonds. The number of anilines is 1. The van der Waals surface area contributed by atoms with Crippen LogP contribution < -0.4 is 5.73 Å². The smallest absolute Gasteiger partial charge is 0.233 e. The number of hydrogen-bond donors (Lipinski definition) is 1. The molecule has 0 saturated carbocycles. The Morgan fingerprint density at radius 2 is 2.00 bits per heavy atom. The average Bonchev–Trinajstić information content (AvgIpc) is 2.53. The summed E-state index contributed by atoms with van der Waals surface area (Å²) in [5.41, 5.74) is 7.30. The van der Waals surface area contributed by atoms with Crippen LogP contribution in [-0.4, -0.2) is 16.7 Å². The largest absolute Gasteiger partial charge is 0.398 e. The van der Waals surface area contributed by atoms with Gasteiger partial charge < -0.3 is 5.73 Å². The number of nitrogen functional groups attached to an aromatic ring is 1. The van der Waals surface area contributed by atoms with Crippen LogP contribution in [0.5, 0.6) is 0 Å². The zero-order valence-corrected chi connectivity index (χ0v) is 10.0. The molecule has 2 rings (SSSR count). The van der Waals surface area contributed by atoms with Gasteiger partial charge in [0.2, 0.25) is 11.8 Å². The van der Waals surface area contributed by atoms with E-state index in [0.717, 1.165) is 5.56 Å². The minimum Gasteiger partial charge on any atom is -0.398 e. The van der Waals surface area contributed by atoms with E-state index in [1.807, 2.05) is 25.1 Å². The minimum atomic E-state index is -0.291. The van der Waals surface area contributed by atoms with Gasteiger partial charge in [-0.05, 0) is 18.6 Å². The van der Waals surface area contributed by atoms with E-state index in [4.69, 9.17) is 5.73 Å². The van der Waals surface area contributed by atoms with E-state index in [0.29, 0.717) is 12.1 Å². The standard InChI is InChI=1S/C13H16N2O2/c1-8-7-12(16)15(13(8)17)9(2)10-5-3-4-6-11(10)14/h3-6,8-9H,7,14H2,1-2H3. The molecule has 1 heterocycles. The van der Waals surface area contributed by atoms with Crippen LogP contribution in [0.1, 0.15) is 31.9 Å². The van der Waals surface area contributed by atoms with Gasteiger partial charge in [-0.2, -0.15) is 0 Å². The van der Waals surface area contributed by atoms with E-state index in [-0.39, 0.29) is 23.8 Å². The van der Waals surface area contributed by atoms with Crippen molar-refractivity contribution < 1.29 is 9.59 Å². The first-order valence-corrected chi connectivity index (χ1v) is 5.72. The number of para-hydroxylation sites is 1. The number of nitrogens with two attached hydrogens (primary N) is 1. The third kappa shape index (κ3) is 1.90. The molecule has 0 bridgehead atoms. The maximum Gasteiger partial charge on any atom is 0.233 e. The molecule has 1 aliphatic heterocycles. The number of hydrogen-bond acceptors (Lipinski definition) is 3. The molecule has 0 radical (unpaired) electrons. The summed E-state index contributed by atoms with van der Waals surface area (Å²) in [4.78, 5) is 25.0. The summed E-state index contributed by atoms with van der Waals surface area (Å²) in [5.74, 6) is -0.432. The van der Waals surface area contributed by atoms with Gasteiger partial charge in [0.25, 0.3) is 0 Å². The molecule has 0 aliphatic carbocycles. The predicted molar refractivity (Wildman–Crippen MR) is 64.9 cm³/mol. The highest BCUT2D eigenvalue weighted by molar-refractivity contribution is 6.03. The third-order valence-electron chi connectivity index (χ3n) is 3.24. The molecule has 1 saturated heterocycles. The van der Waals surface area contributed by atoms with Crippen LogP contribution in [0.25, 0.3) is 0 Å². The zero-order valence-electron chi connectivity index (χ0n) is 10.0. The Morgan fingerprint density at radius 1 is 1.35 bits per heavy atom. The van der Waals surface area contributed by atoms with Crippen LogP contribution >= 0.6 is 0 Å². The fourth-order valence-corrected chi connectivity index (χ4v) is 2.25. The highest BCUT2D eigenvalue weighted by atomic mass is 16.2. The molecular formula is C13H16N2O2. The highest BCUT2D eigenvalue weighted by Gasteiger charge is 2.39. The molecule has 1 fully saturated rings. The van der Waals surface area contributed by atoms with Crippen molar-refractivity contribution in [3.8, 4) is 0 Å². The second-order valence-corrected chi connectivity index (χ2v) is 4.51. The van der Waals surface area contributed by atoms with Crippen LogP contribution in [0.4, 0.5) is 5.69 Å². The molecule has 2 N–H and O–H groups in total. The molecule has 90 valence electrons. The first kappa shape index (κ1) is 11.6. The number of likely N-dealkylation sites (tertiary alicyclic amines) is 1. The van der Waals surface area contributed by atoms with Crippen LogP contribution in [-0.2, 0) is 9.59 Å². The Kier molecular flexibility index (Phi) is 2.88. The van der Waals surface area contributed by atoms with Gasteiger partial charge in [-0.1, -0.05) is 25.1 Å². The second-order valence-electron chi connectivity index (χ2n) is 4.51. The number of benzene rings is 1. The van der Waals surface area contributed by atoms with Crippen molar-refractivity contribution >= 4 is 17.5 Å². The third-order valence-corrected chi connectivity index (χ3v) is 3.24. The van der Waals surface area contributed by atoms with Crippen molar-refractivity contribution in [2.75, 3.05) is 5.73 Å². The molecule has 0 spiro atoms. The topological polar surface area (TPSA) is 63.4 Å². The lowest BCUT2D eigenvalue weighted by Crippen LogP contribution is -2.33. The van der Waals surface area contributed by atoms with Gasteiger partial charge in [-0.25, -0.2) is 0 Å². The molecule has 1 aliphatic rings. The minimum absolute atomic E-state index is 0.106. The van der Waals surface area contributed by atoms with Gasteiger partial charge in [0.05, 0.1) is 6.04 Å². The van der Waals surface area contributed by atoms with Crippen molar-refractivity contribution in [1.82, 2.24) is 4.90 Å². The van der Waals surface area contributed by atoms with Crippen LogP contribution in [0.15, 0.2) is 24.3 Å². The first-order valence-electron chi connectivity index (χ1n) is 5.72. The fraction of sp³-hybridized carbons (Fsp3) is 0.385. The first-order chi connectivity index (χ1) is 8.02. The highest BCUT2D eigenvalue weighted by Crippen LogP contribution is 2.31. The second kappa shape index (κ2) is 4.20. The van der Waals surface area contributed by atoms with E-state index >= 15 is 0 Å². The quantitative estimate of drug-likeness (QED) is 0.623. The predicted octanol–water partition coefficient (Wildman–Crippen LogP) is 1.72. The van der Waals surface area contributed by atoms with Crippen molar-refractivity contribution in [3.63, 3.8) is 0 Å². The van der Waals surface area contributed by atoms with E-state index < -0.39 is 0 Å². The van der Waals surface area contributed by atoms with Gasteiger partial charge in [0, 0.05) is 18.0 Å². The molecule has 0 aromatic heterocycles. The van der Waals surface area contributed by atoms with Crippen molar-refractivity contribution in [2.24, 2.45) is 5.92 Å². The maximum absolute atomic E-state index is 11.9. The number of nitrogens with zero attached hydrogens (tertiary/aromatic N) is 1. The Labute approximate surface area is 100 Å². The van der Waals surface area contributed by atoms with Gasteiger partial charge in [0.15, 0.2) is 0 Å². The molecule has 2 unspecified atom stereocenters. The van der Waals surface area contributed by atoms with Crippen molar-refractivity contribution in [1.29, 1.82) is 0 Å². The lowest BCUT2D eigenvalue weighted by Gasteiger charge is -2.24.